The van der Waals surface area contributed by atoms with Crippen molar-refractivity contribution in [2.45, 2.75) is 44.2 Å². The Bertz CT molecular complexity index is 2330. The fourth-order valence-electron chi connectivity index (χ4n) is 7.53. The molecular formula is C46H44N4O7. The van der Waals surface area contributed by atoms with Gasteiger partial charge in [0.25, 0.3) is 11.8 Å². The maximum absolute atomic E-state index is 13.7. The largest absolute Gasteiger partial charge is 0.497 e. The minimum atomic E-state index is -0.184. The summed E-state index contributed by atoms with van der Waals surface area (Å²) in [5.41, 5.74) is 7.34. The number of carbonyl (C=O) groups excluding carboxylic acids is 2. The molecule has 4 heterocycles. The Balaban J connectivity index is 0.847. The van der Waals surface area contributed by atoms with Gasteiger partial charge in [0.15, 0.2) is 23.0 Å². The van der Waals surface area contributed by atoms with E-state index >= 15 is 0 Å². The number of benzene rings is 4. The van der Waals surface area contributed by atoms with Gasteiger partial charge in [0.1, 0.15) is 5.75 Å². The number of hydrogen-bond donors (Lipinski definition) is 0. The highest BCUT2D eigenvalue weighted by atomic mass is 16.5. The quantitative estimate of drug-likeness (QED) is 0.118. The molecule has 0 spiro atoms. The van der Waals surface area contributed by atoms with Crippen LogP contribution < -0.4 is 23.7 Å². The standard InChI is InChI=1S/C46H44N4O7/c1-5-29-9-11-30(12-10-29)32-19-34-25-47-39-23-43(41(54-3)21-37(39)45(51)49(34)27-32)56-17-7-6-8-18-57-44-24-40-38(22-42(44)55-4)46(52)50-28-33(20-35(50)26-48-40)31-13-15-36(53-2)16-14-31/h5,9-16,21-28,34-35H,1,6-8,17-20H2,2-4H3. The van der Waals surface area contributed by atoms with Gasteiger partial charge in [-0.25, -0.2) is 0 Å². The summed E-state index contributed by atoms with van der Waals surface area (Å²) >= 11 is 0. The molecule has 57 heavy (non-hydrogen) atoms. The number of amides is 2. The van der Waals surface area contributed by atoms with Crippen LogP contribution in [-0.4, -0.2) is 80.7 Å². The average Bonchev–Trinajstić information content (AvgIpc) is 3.83. The summed E-state index contributed by atoms with van der Waals surface area (Å²) in [5.74, 6) is 2.55. The molecule has 4 aromatic rings. The summed E-state index contributed by atoms with van der Waals surface area (Å²) in [6.45, 7) is 4.72. The lowest BCUT2D eigenvalue weighted by atomic mass is 10.0. The van der Waals surface area contributed by atoms with Crippen LogP contribution in [0.25, 0.3) is 17.2 Å². The van der Waals surface area contributed by atoms with E-state index in [2.05, 4.69) is 18.7 Å². The minimum absolute atomic E-state index is 0.128. The van der Waals surface area contributed by atoms with Crippen LogP contribution in [0.15, 0.2) is 102 Å². The predicted molar refractivity (Wildman–Crippen MR) is 222 cm³/mol. The molecule has 8 rings (SSSR count). The first-order valence-electron chi connectivity index (χ1n) is 19.1. The van der Waals surface area contributed by atoms with Crippen molar-refractivity contribution >= 4 is 52.8 Å². The Morgan fingerprint density at radius 1 is 0.632 bits per heavy atom. The third kappa shape index (κ3) is 7.52. The zero-order valence-corrected chi connectivity index (χ0v) is 32.3. The Labute approximate surface area is 332 Å². The summed E-state index contributed by atoms with van der Waals surface area (Å²) in [4.78, 5) is 40.4. The maximum atomic E-state index is 13.7. The summed E-state index contributed by atoms with van der Waals surface area (Å²) in [5, 5.41) is 0. The number of fused-ring (bicyclic) bond motifs is 4. The Morgan fingerprint density at radius 3 is 1.54 bits per heavy atom. The van der Waals surface area contributed by atoms with Crippen molar-refractivity contribution in [3.8, 4) is 28.7 Å². The molecule has 11 nitrogen and oxygen atoms in total. The van der Waals surface area contributed by atoms with Crippen LogP contribution in [0.2, 0.25) is 0 Å². The molecule has 0 aromatic heterocycles. The number of nitrogens with zero attached hydrogens (tertiary/aromatic N) is 4. The fourth-order valence-corrected chi connectivity index (χ4v) is 7.53. The molecule has 0 saturated heterocycles. The first-order chi connectivity index (χ1) is 27.9. The maximum Gasteiger partial charge on any atom is 0.260 e. The van der Waals surface area contributed by atoms with Gasteiger partial charge < -0.3 is 33.5 Å². The van der Waals surface area contributed by atoms with E-state index in [1.54, 1.807) is 55.4 Å². The molecule has 0 N–H and O–H groups in total. The van der Waals surface area contributed by atoms with Gasteiger partial charge >= 0.3 is 0 Å². The SMILES string of the molecule is C=Cc1ccc(C2=CN3C(=O)c4cc(OC)c(OCCCCCOc5cc6c(cc5OC)C(=O)N5C=C(c7ccc(OC)cc7)CC5C=N6)cc4N=CC3C2)cc1. The van der Waals surface area contributed by atoms with E-state index in [4.69, 9.17) is 33.7 Å². The summed E-state index contributed by atoms with van der Waals surface area (Å²) in [7, 11) is 4.77. The number of carbonyl (C=O) groups is 2. The molecule has 11 heteroatoms. The highest BCUT2D eigenvalue weighted by Gasteiger charge is 2.35. The Morgan fingerprint density at radius 2 is 1.11 bits per heavy atom. The molecule has 0 aliphatic carbocycles. The van der Waals surface area contributed by atoms with Gasteiger partial charge in [0, 0.05) is 49.8 Å². The highest BCUT2D eigenvalue weighted by Crippen LogP contribution is 2.42. The van der Waals surface area contributed by atoms with Crippen molar-refractivity contribution in [3.63, 3.8) is 0 Å². The lowest BCUT2D eigenvalue weighted by Gasteiger charge is -2.19. The molecule has 0 fully saturated rings. The summed E-state index contributed by atoms with van der Waals surface area (Å²) in [6.07, 6.45) is 13.0. The van der Waals surface area contributed by atoms with Crippen LogP contribution in [0.3, 0.4) is 0 Å². The zero-order chi connectivity index (χ0) is 39.5. The van der Waals surface area contributed by atoms with E-state index < -0.39 is 0 Å². The average molecular weight is 765 g/mol. The third-order valence-electron chi connectivity index (χ3n) is 10.7. The number of ether oxygens (including phenoxy) is 5. The molecule has 2 atom stereocenters. The van der Waals surface area contributed by atoms with Crippen molar-refractivity contribution in [2.75, 3.05) is 34.5 Å². The third-order valence-corrected chi connectivity index (χ3v) is 10.7. The van der Waals surface area contributed by atoms with Crippen molar-refractivity contribution in [3.05, 3.63) is 120 Å². The lowest BCUT2D eigenvalue weighted by molar-refractivity contribution is 0.0809. The predicted octanol–water partition coefficient (Wildman–Crippen LogP) is 8.93. The van der Waals surface area contributed by atoms with E-state index in [9.17, 15) is 9.59 Å². The Hall–Kier alpha value is -6.62. The summed E-state index contributed by atoms with van der Waals surface area (Å²) < 4.78 is 28.9. The fraction of sp³-hybridized carbons (Fsp3) is 0.261. The second kappa shape index (κ2) is 16.2. The first-order valence-corrected chi connectivity index (χ1v) is 19.1. The number of unbranched alkanes of at least 4 members (excludes halogenated alkanes) is 2. The smallest absolute Gasteiger partial charge is 0.260 e. The molecule has 2 unspecified atom stereocenters. The van der Waals surface area contributed by atoms with Crippen LogP contribution >= 0.6 is 0 Å². The monoisotopic (exact) mass is 764 g/mol. The molecule has 2 amide bonds. The number of aliphatic imine (C=N–C) groups is 2. The first kappa shape index (κ1) is 37.3. The van der Waals surface area contributed by atoms with E-state index in [0.717, 1.165) is 52.8 Å². The van der Waals surface area contributed by atoms with Gasteiger partial charge in [0.05, 0.1) is 69.1 Å². The topological polar surface area (TPSA) is 111 Å². The second-order valence-electron chi connectivity index (χ2n) is 14.2. The van der Waals surface area contributed by atoms with E-state index in [1.165, 1.54) is 0 Å². The molecular weight excluding hydrogens is 721 g/mol. The molecule has 4 aromatic carbocycles. The van der Waals surface area contributed by atoms with Gasteiger partial charge in [0.2, 0.25) is 0 Å². The summed E-state index contributed by atoms with van der Waals surface area (Å²) in [6, 6.07) is 22.6. The van der Waals surface area contributed by atoms with Gasteiger partial charge in [-0.1, -0.05) is 49.1 Å². The van der Waals surface area contributed by atoms with Gasteiger partial charge in [-0.2, -0.15) is 0 Å². The minimum Gasteiger partial charge on any atom is -0.497 e. The van der Waals surface area contributed by atoms with Crippen molar-refractivity contribution in [1.29, 1.82) is 0 Å². The van der Waals surface area contributed by atoms with Crippen LogP contribution in [0, 0.1) is 0 Å². The van der Waals surface area contributed by atoms with Crippen molar-refractivity contribution in [1.82, 2.24) is 9.80 Å². The zero-order valence-electron chi connectivity index (χ0n) is 32.3. The van der Waals surface area contributed by atoms with Crippen LogP contribution in [-0.2, 0) is 0 Å². The highest BCUT2D eigenvalue weighted by molar-refractivity contribution is 6.06. The number of hydrogen-bond acceptors (Lipinski definition) is 9. The molecule has 290 valence electrons. The Kier molecular flexibility index (Phi) is 10.6. The molecule has 4 aliphatic rings. The normalized spacial score (nSPS) is 17.7. The second-order valence-corrected chi connectivity index (χ2v) is 14.2. The van der Waals surface area contributed by atoms with E-state index in [1.807, 2.05) is 67.3 Å². The van der Waals surface area contributed by atoms with Crippen LogP contribution in [0.1, 0.15) is 69.5 Å². The molecule has 0 radical (unpaired) electrons. The van der Waals surface area contributed by atoms with Gasteiger partial charge in [-0.15, -0.1) is 0 Å². The van der Waals surface area contributed by atoms with Crippen LogP contribution in [0.4, 0.5) is 11.4 Å². The van der Waals surface area contributed by atoms with Crippen molar-refractivity contribution < 1.29 is 33.3 Å². The van der Waals surface area contributed by atoms with Crippen molar-refractivity contribution in [2.24, 2.45) is 9.98 Å². The number of methoxy groups -OCH3 is 3. The lowest BCUT2D eigenvalue weighted by Crippen LogP contribution is -2.32. The number of rotatable bonds is 14. The van der Waals surface area contributed by atoms with E-state index in [0.29, 0.717) is 71.6 Å². The van der Waals surface area contributed by atoms with Crippen LogP contribution in [0.5, 0.6) is 28.7 Å². The molecule has 0 saturated carbocycles. The van der Waals surface area contributed by atoms with Gasteiger partial charge in [-0.3, -0.25) is 19.6 Å². The molecule has 0 bridgehead atoms. The van der Waals surface area contributed by atoms with Gasteiger partial charge in [-0.05, 0) is 71.4 Å². The van der Waals surface area contributed by atoms with E-state index in [-0.39, 0.29) is 23.9 Å². The molecule has 4 aliphatic heterocycles.